The molecule has 0 spiro atoms. The Hall–Kier alpha value is -2.99. The van der Waals surface area contributed by atoms with E-state index in [9.17, 15) is 13.2 Å². The van der Waals surface area contributed by atoms with E-state index in [1.54, 1.807) is 17.9 Å². The summed E-state index contributed by atoms with van der Waals surface area (Å²) in [5.41, 5.74) is 3.04. The van der Waals surface area contributed by atoms with Gasteiger partial charge >= 0.3 is 0 Å². The number of amides is 1. The summed E-state index contributed by atoms with van der Waals surface area (Å²) in [5.74, 6) is -0.292. The average molecular weight is 502 g/mol. The molecule has 1 amide bonds. The van der Waals surface area contributed by atoms with Gasteiger partial charge in [-0.1, -0.05) is 42.2 Å². The number of hydrogen-bond donors (Lipinski definition) is 1. The van der Waals surface area contributed by atoms with Crippen LogP contribution >= 0.6 is 24.0 Å². The number of nitrogens with zero attached hydrogens (tertiary/aromatic N) is 3. The van der Waals surface area contributed by atoms with Crippen LogP contribution in [0.15, 0.2) is 65.7 Å². The summed E-state index contributed by atoms with van der Waals surface area (Å²) in [7, 11) is -2.62. The van der Waals surface area contributed by atoms with Gasteiger partial charge in [0.1, 0.15) is 10.1 Å². The van der Waals surface area contributed by atoms with Crippen LogP contribution in [0.4, 0.5) is 0 Å². The van der Waals surface area contributed by atoms with Gasteiger partial charge in [0.05, 0.1) is 29.1 Å². The molecule has 11 heteroatoms. The molecule has 170 valence electrons. The summed E-state index contributed by atoms with van der Waals surface area (Å²) in [6.45, 7) is -0.213. The van der Waals surface area contributed by atoms with Gasteiger partial charge in [0.2, 0.25) is 0 Å². The van der Waals surface area contributed by atoms with E-state index in [4.69, 9.17) is 26.6 Å². The van der Waals surface area contributed by atoms with E-state index in [-0.39, 0.29) is 10.9 Å². The summed E-state index contributed by atoms with van der Waals surface area (Å²) >= 11 is 6.33. The van der Waals surface area contributed by atoms with Crippen molar-refractivity contribution in [3.05, 3.63) is 71.3 Å². The lowest BCUT2D eigenvalue weighted by molar-refractivity contribution is -0.121. The zero-order valence-corrected chi connectivity index (χ0v) is 19.9. The maximum absolute atomic E-state index is 12.9. The van der Waals surface area contributed by atoms with Crippen LogP contribution in [0.2, 0.25) is 0 Å². The van der Waals surface area contributed by atoms with Gasteiger partial charge in [-0.25, -0.2) is 4.68 Å². The summed E-state index contributed by atoms with van der Waals surface area (Å²) < 4.78 is 38.4. The molecule has 0 radical (unpaired) electrons. The van der Waals surface area contributed by atoms with Crippen LogP contribution in [-0.4, -0.2) is 57.3 Å². The highest BCUT2D eigenvalue weighted by atomic mass is 32.2. The Morgan fingerprint density at radius 3 is 2.48 bits per heavy atom. The minimum absolute atomic E-state index is 0.213. The van der Waals surface area contributed by atoms with Crippen LogP contribution in [0.5, 0.6) is 5.75 Å². The summed E-state index contributed by atoms with van der Waals surface area (Å²) in [4.78, 5) is 14.4. The number of rotatable bonds is 7. The van der Waals surface area contributed by atoms with E-state index in [1.165, 1.54) is 4.90 Å². The average Bonchev–Trinajstić information content (AvgIpc) is 3.33. The predicted molar refractivity (Wildman–Crippen MR) is 132 cm³/mol. The van der Waals surface area contributed by atoms with E-state index < -0.39 is 21.8 Å². The molecule has 3 aromatic rings. The van der Waals surface area contributed by atoms with Gasteiger partial charge in [-0.05, 0) is 42.5 Å². The standard InChI is InChI=1S/C22H19N3O5S3/c1-30-18-9-7-15(8-10-18)20-16(14-25(23-20)17-5-3-2-4-6-17)13-19-21(26)24(22(31)32-19)11-12-33(27,28)29/h2-10,13-14H,11-12H2,1H3,(H,27,28,29)/b19-13+. The van der Waals surface area contributed by atoms with Gasteiger partial charge in [0.15, 0.2) is 0 Å². The van der Waals surface area contributed by atoms with Gasteiger partial charge in [-0.2, -0.15) is 13.5 Å². The molecule has 1 aliphatic heterocycles. The molecule has 1 N–H and O–H groups in total. The molecule has 1 aliphatic rings. The molecule has 0 unspecified atom stereocenters. The Kier molecular flexibility index (Phi) is 6.66. The first-order chi connectivity index (χ1) is 15.7. The van der Waals surface area contributed by atoms with Crippen LogP contribution in [0.3, 0.4) is 0 Å². The number of thiocarbonyl (C=S) groups is 1. The number of benzene rings is 2. The van der Waals surface area contributed by atoms with Crippen molar-refractivity contribution in [3.63, 3.8) is 0 Å². The highest BCUT2D eigenvalue weighted by molar-refractivity contribution is 8.26. The summed E-state index contributed by atoms with van der Waals surface area (Å²) in [6, 6.07) is 17.0. The lowest BCUT2D eigenvalue weighted by Gasteiger charge is -2.12. The molecule has 1 fully saturated rings. The number of carbonyl (C=O) groups excluding carboxylic acids is 1. The zero-order valence-electron chi connectivity index (χ0n) is 17.4. The maximum Gasteiger partial charge on any atom is 0.266 e. The number of hydrogen-bond acceptors (Lipinski definition) is 7. The van der Waals surface area contributed by atoms with Gasteiger partial charge in [-0.15, -0.1) is 0 Å². The molecular formula is C22H19N3O5S3. The fourth-order valence-electron chi connectivity index (χ4n) is 3.22. The smallest absolute Gasteiger partial charge is 0.266 e. The largest absolute Gasteiger partial charge is 0.497 e. The number of thioether (sulfide) groups is 1. The number of carbonyl (C=O) groups is 1. The van der Waals surface area contributed by atoms with Crippen LogP contribution in [0.1, 0.15) is 5.56 Å². The van der Waals surface area contributed by atoms with Crippen LogP contribution < -0.4 is 4.74 Å². The fraction of sp³-hybridized carbons (Fsp3) is 0.136. The Morgan fingerprint density at radius 2 is 1.85 bits per heavy atom. The van der Waals surface area contributed by atoms with Gasteiger partial charge in [-0.3, -0.25) is 14.2 Å². The minimum Gasteiger partial charge on any atom is -0.497 e. The zero-order chi connectivity index (χ0) is 23.6. The first-order valence-corrected chi connectivity index (χ1v) is 12.6. The van der Waals surface area contributed by atoms with Crippen LogP contribution in [0.25, 0.3) is 23.0 Å². The molecule has 0 bridgehead atoms. The van der Waals surface area contributed by atoms with Crippen molar-refractivity contribution in [1.82, 2.24) is 14.7 Å². The molecular weight excluding hydrogens is 482 g/mol. The molecule has 0 atom stereocenters. The van der Waals surface area contributed by atoms with E-state index in [2.05, 4.69) is 0 Å². The molecule has 8 nitrogen and oxygen atoms in total. The topological polar surface area (TPSA) is 102 Å². The van der Waals surface area contributed by atoms with Crippen molar-refractivity contribution < 1.29 is 22.5 Å². The van der Waals surface area contributed by atoms with Crippen molar-refractivity contribution >= 4 is 50.4 Å². The number of aromatic nitrogens is 2. The first-order valence-electron chi connectivity index (χ1n) is 9.75. The third-order valence-electron chi connectivity index (χ3n) is 4.86. The quantitative estimate of drug-likeness (QED) is 0.298. The Balaban J connectivity index is 1.73. The predicted octanol–water partition coefficient (Wildman–Crippen LogP) is 3.64. The van der Waals surface area contributed by atoms with Crippen molar-refractivity contribution in [1.29, 1.82) is 0 Å². The van der Waals surface area contributed by atoms with Gasteiger partial charge < -0.3 is 4.74 Å². The lowest BCUT2D eigenvalue weighted by Crippen LogP contribution is -2.32. The Morgan fingerprint density at radius 1 is 1.15 bits per heavy atom. The van der Waals surface area contributed by atoms with Crippen molar-refractivity contribution in [2.24, 2.45) is 0 Å². The second kappa shape index (κ2) is 9.48. The normalized spacial score (nSPS) is 15.5. The fourth-order valence-corrected chi connectivity index (χ4v) is 4.93. The van der Waals surface area contributed by atoms with E-state index in [0.29, 0.717) is 21.9 Å². The molecule has 0 saturated carbocycles. The lowest BCUT2D eigenvalue weighted by atomic mass is 10.1. The van der Waals surface area contributed by atoms with Crippen molar-refractivity contribution in [3.8, 4) is 22.7 Å². The van der Waals surface area contributed by atoms with E-state index >= 15 is 0 Å². The number of para-hydroxylation sites is 1. The highest BCUT2D eigenvalue weighted by Crippen LogP contribution is 2.35. The second-order valence-corrected chi connectivity index (χ2v) is 10.3. The molecule has 33 heavy (non-hydrogen) atoms. The first kappa shape index (κ1) is 23.2. The third kappa shape index (κ3) is 5.33. The molecule has 0 aliphatic carbocycles. The minimum atomic E-state index is -4.22. The second-order valence-electron chi connectivity index (χ2n) is 7.06. The molecule has 1 saturated heterocycles. The molecule has 2 aromatic carbocycles. The van der Waals surface area contributed by atoms with Crippen LogP contribution in [-0.2, 0) is 14.9 Å². The van der Waals surface area contributed by atoms with Crippen LogP contribution in [0, 0.1) is 0 Å². The molecule has 4 rings (SSSR count). The Bertz CT molecular complexity index is 1330. The maximum atomic E-state index is 12.9. The highest BCUT2D eigenvalue weighted by Gasteiger charge is 2.33. The SMILES string of the molecule is COc1ccc(-c2nn(-c3ccccc3)cc2/C=C2/SC(=S)N(CCS(=O)(=O)O)C2=O)cc1. The Labute approximate surface area is 200 Å². The van der Waals surface area contributed by atoms with E-state index in [1.807, 2.05) is 60.8 Å². The van der Waals surface area contributed by atoms with Gasteiger partial charge in [0.25, 0.3) is 16.0 Å². The molecule has 2 heterocycles. The summed E-state index contributed by atoms with van der Waals surface area (Å²) in [6.07, 6.45) is 3.51. The molecule has 1 aromatic heterocycles. The summed E-state index contributed by atoms with van der Waals surface area (Å²) in [5, 5.41) is 4.73. The number of methoxy groups -OCH3 is 1. The van der Waals surface area contributed by atoms with Crippen molar-refractivity contribution in [2.75, 3.05) is 19.4 Å². The number of ether oxygens (including phenoxy) is 1. The van der Waals surface area contributed by atoms with Gasteiger partial charge in [0, 0.05) is 23.9 Å². The van der Waals surface area contributed by atoms with Crippen molar-refractivity contribution in [2.45, 2.75) is 0 Å². The monoisotopic (exact) mass is 501 g/mol. The third-order valence-corrected chi connectivity index (χ3v) is 6.94. The van der Waals surface area contributed by atoms with E-state index in [0.717, 1.165) is 23.0 Å².